The first-order chi connectivity index (χ1) is 15.3. The fourth-order valence-corrected chi connectivity index (χ4v) is 8.53. The van der Waals surface area contributed by atoms with E-state index in [0.717, 1.165) is 12.8 Å². The second kappa shape index (κ2) is 9.16. The lowest BCUT2D eigenvalue weighted by atomic mass is 9.53. The monoisotopic (exact) mass is 504 g/mol. The Morgan fingerprint density at radius 3 is 1.88 bits per heavy atom. The average Bonchev–Trinajstić information content (AvgIpc) is 2.61. The van der Waals surface area contributed by atoms with Gasteiger partial charge in [0, 0.05) is 17.8 Å². The van der Waals surface area contributed by atoms with Gasteiger partial charge in [-0.1, -0.05) is 66.7 Å². The largest absolute Gasteiger partial charge is 0.413 e. The molecule has 0 aromatic rings. The third kappa shape index (κ3) is 5.17. The van der Waals surface area contributed by atoms with Crippen molar-refractivity contribution < 1.29 is 13.6 Å². The Balaban J connectivity index is 1.96. The number of carbonyl (C=O) groups is 1. The Hall–Kier alpha value is -0.416. The molecule has 6 atom stereocenters. The summed E-state index contributed by atoms with van der Waals surface area (Å²) in [6.07, 6.45) is 5.73. The normalized spacial score (nSPS) is 32.6. The van der Waals surface area contributed by atoms with Gasteiger partial charge in [0.25, 0.3) is 0 Å². The van der Waals surface area contributed by atoms with Crippen molar-refractivity contribution in [2.75, 3.05) is 0 Å². The molecule has 0 spiro atoms. The zero-order valence-corrected chi connectivity index (χ0v) is 26.2. The minimum atomic E-state index is -1.97. The molecule has 3 aliphatic rings. The quantitative estimate of drug-likeness (QED) is 0.283. The first-order valence-electron chi connectivity index (χ1n) is 13.8. The van der Waals surface area contributed by atoms with E-state index in [9.17, 15) is 4.79 Å². The molecular weight excluding hydrogens is 452 g/mol. The molecule has 34 heavy (non-hydrogen) atoms. The van der Waals surface area contributed by atoms with Gasteiger partial charge in [-0.15, -0.1) is 0 Å². The standard InChI is InChI=1S/C29H52O3Si2/c1-20-25-22(24(17-16-23(25)26(20)30)31-33(9,10)27(2,3)4)18-19-29(8,21-14-13-15-21)32-34(11,12)28(5,6)7/h20-25H,13-17H2,1-12H3/t20?,22-,23-,24+,25+,29+/m0/s1. The summed E-state index contributed by atoms with van der Waals surface area (Å²) in [5.74, 6) is 9.25. The number of fused-ring (bicyclic) bond motifs is 1. The average molecular weight is 505 g/mol. The molecule has 3 fully saturated rings. The van der Waals surface area contributed by atoms with E-state index in [0.29, 0.717) is 17.6 Å². The lowest BCUT2D eigenvalue weighted by molar-refractivity contribution is -0.151. The zero-order chi connectivity index (χ0) is 25.9. The summed E-state index contributed by atoms with van der Waals surface area (Å²) >= 11 is 0. The van der Waals surface area contributed by atoms with Gasteiger partial charge in [-0.2, -0.15) is 0 Å². The molecular formula is C29H52O3Si2. The summed E-state index contributed by atoms with van der Waals surface area (Å²) in [4.78, 5) is 12.7. The Labute approximate surface area is 212 Å². The maximum atomic E-state index is 12.7. The van der Waals surface area contributed by atoms with Gasteiger partial charge in [0.15, 0.2) is 16.6 Å². The van der Waals surface area contributed by atoms with Crippen LogP contribution in [0.25, 0.3) is 0 Å². The molecule has 0 radical (unpaired) electrons. The first-order valence-corrected chi connectivity index (χ1v) is 19.6. The molecule has 5 heteroatoms. The van der Waals surface area contributed by atoms with Crippen molar-refractivity contribution in [1.82, 2.24) is 0 Å². The fourth-order valence-electron chi connectivity index (χ4n) is 5.57. The molecule has 194 valence electrons. The third-order valence-corrected chi connectivity index (χ3v) is 19.4. The molecule has 0 aromatic carbocycles. The maximum absolute atomic E-state index is 12.7. The van der Waals surface area contributed by atoms with Gasteiger partial charge in [-0.3, -0.25) is 4.79 Å². The number of Topliss-reactive ketones (excluding diaryl/α,β-unsaturated/α-hetero) is 1. The van der Waals surface area contributed by atoms with E-state index in [4.69, 9.17) is 8.85 Å². The highest BCUT2D eigenvalue weighted by Gasteiger charge is 2.56. The molecule has 0 heterocycles. The number of hydrogen-bond acceptors (Lipinski definition) is 3. The lowest BCUT2D eigenvalue weighted by Crippen LogP contribution is -2.58. The smallest absolute Gasteiger partial charge is 0.194 e. The molecule has 3 aliphatic carbocycles. The van der Waals surface area contributed by atoms with E-state index in [1.165, 1.54) is 19.3 Å². The molecule has 0 aliphatic heterocycles. The van der Waals surface area contributed by atoms with Crippen molar-refractivity contribution in [3.63, 3.8) is 0 Å². The SMILES string of the molecule is CC1C(=O)[C@H]2CC[C@@H](O[Si](C)(C)C(C)(C)C)[C@H](C#C[C@@](C)(O[Si](C)(C)C(C)(C)C)C3CCC3)[C@@H]12. The van der Waals surface area contributed by atoms with E-state index < -0.39 is 22.2 Å². The van der Waals surface area contributed by atoms with Crippen LogP contribution in [0.2, 0.25) is 36.3 Å². The first kappa shape index (κ1) is 28.2. The van der Waals surface area contributed by atoms with E-state index in [1.54, 1.807) is 0 Å². The van der Waals surface area contributed by atoms with Crippen molar-refractivity contribution in [2.24, 2.45) is 29.6 Å². The molecule has 0 aromatic heterocycles. The summed E-state index contributed by atoms with van der Waals surface area (Å²) in [5, 5.41) is 0.313. The van der Waals surface area contributed by atoms with Crippen LogP contribution in [-0.2, 0) is 13.6 Å². The van der Waals surface area contributed by atoms with E-state index in [2.05, 4.69) is 93.4 Å². The summed E-state index contributed by atoms with van der Waals surface area (Å²) in [6, 6.07) is 0. The molecule has 3 saturated carbocycles. The second-order valence-corrected chi connectivity index (χ2v) is 24.2. The van der Waals surface area contributed by atoms with E-state index in [1.807, 2.05) is 0 Å². The molecule has 0 N–H and O–H groups in total. The van der Waals surface area contributed by atoms with Crippen LogP contribution >= 0.6 is 0 Å². The van der Waals surface area contributed by atoms with Gasteiger partial charge in [-0.05, 0) is 80.7 Å². The van der Waals surface area contributed by atoms with Crippen molar-refractivity contribution in [1.29, 1.82) is 0 Å². The molecule has 0 amide bonds. The van der Waals surface area contributed by atoms with Gasteiger partial charge in [0.2, 0.25) is 0 Å². The van der Waals surface area contributed by atoms with E-state index >= 15 is 0 Å². The Morgan fingerprint density at radius 1 is 0.853 bits per heavy atom. The van der Waals surface area contributed by atoms with Crippen LogP contribution in [0, 0.1) is 41.4 Å². The van der Waals surface area contributed by atoms with Crippen molar-refractivity contribution >= 4 is 22.4 Å². The minimum Gasteiger partial charge on any atom is -0.413 e. The van der Waals surface area contributed by atoms with Gasteiger partial charge in [-0.25, -0.2) is 0 Å². The highest BCUT2D eigenvalue weighted by Crippen LogP contribution is 2.52. The topological polar surface area (TPSA) is 35.5 Å². The van der Waals surface area contributed by atoms with Crippen molar-refractivity contribution in [2.45, 2.75) is 135 Å². The summed E-state index contributed by atoms with van der Waals surface area (Å²) in [6.45, 7) is 27.6. The predicted molar refractivity (Wildman–Crippen MR) is 148 cm³/mol. The van der Waals surface area contributed by atoms with Crippen LogP contribution in [0.1, 0.15) is 87.5 Å². The summed E-state index contributed by atoms with van der Waals surface area (Å²) in [7, 11) is -3.91. The number of hydrogen-bond donors (Lipinski definition) is 0. The van der Waals surface area contributed by atoms with Crippen LogP contribution in [0.15, 0.2) is 0 Å². The Bertz CT molecular complexity index is 834. The minimum absolute atomic E-state index is 0.103. The van der Waals surface area contributed by atoms with Crippen LogP contribution in [0.5, 0.6) is 0 Å². The van der Waals surface area contributed by atoms with Gasteiger partial charge < -0.3 is 8.85 Å². The predicted octanol–water partition coefficient (Wildman–Crippen LogP) is 7.82. The highest BCUT2D eigenvalue weighted by molar-refractivity contribution is 6.74. The summed E-state index contributed by atoms with van der Waals surface area (Å²) in [5.41, 5.74) is -0.410. The molecule has 3 rings (SSSR count). The highest BCUT2D eigenvalue weighted by atomic mass is 28.4. The number of ketones is 1. The van der Waals surface area contributed by atoms with Crippen LogP contribution < -0.4 is 0 Å². The molecule has 3 nitrogen and oxygen atoms in total. The Kier molecular flexibility index (Phi) is 7.58. The van der Waals surface area contributed by atoms with E-state index in [-0.39, 0.29) is 33.9 Å². The molecule has 0 bridgehead atoms. The van der Waals surface area contributed by atoms with Gasteiger partial charge >= 0.3 is 0 Å². The Morgan fingerprint density at radius 2 is 1.41 bits per heavy atom. The van der Waals surface area contributed by atoms with Crippen LogP contribution in [0.4, 0.5) is 0 Å². The second-order valence-electron chi connectivity index (χ2n) is 14.8. The molecule has 1 unspecified atom stereocenters. The number of carbonyl (C=O) groups excluding carboxylic acids is 1. The third-order valence-electron chi connectivity index (χ3n) is 10.3. The molecule has 0 saturated heterocycles. The fraction of sp³-hybridized carbons (Fsp3) is 0.897. The van der Waals surface area contributed by atoms with Crippen molar-refractivity contribution in [3.05, 3.63) is 0 Å². The van der Waals surface area contributed by atoms with Gasteiger partial charge in [0.1, 0.15) is 11.4 Å². The zero-order valence-electron chi connectivity index (χ0n) is 24.2. The number of rotatable bonds is 5. The van der Waals surface area contributed by atoms with Crippen LogP contribution in [0.3, 0.4) is 0 Å². The maximum Gasteiger partial charge on any atom is 0.194 e. The lowest BCUT2D eigenvalue weighted by Gasteiger charge is -2.53. The van der Waals surface area contributed by atoms with Gasteiger partial charge in [0.05, 0.1) is 6.10 Å². The summed E-state index contributed by atoms with van der Waals surface area (Å²) < 4.78 is 14.1. The van der Waals surface area contributed by atoms with Crippen molar-refractivity contribution in [3.8, 4) is 11.8 Å². The van der Waals surface area contributed by atoms with Crippen LogP contribution in [-0.4, -0.2) is 34.1 Å².